The third-order valence-electron chi connectivity index (χ3n) is 4.15. The van der Waals surface area contributed by atoms with Crippen LogP contribution in [0.5, 0.6) is 0 Å². The molecule has 0 unspecified atom stereocenters. The molecule has 0 saturated heterocycles. The molecule has 11 heteroatoms. The highest BCUT2D eigenvalue weighted by Gasteiger charge is 2.37. The van der Waals surface area contributed by atoms with Gasteiger partial charge >= 0.3 is 18.3 Å². The van der Waals surface area contributed by atoms with Gasteiger partial charge in [0, 0.05) is 10.6 Å². The number of amides is 1. The predicted octanol–water partition coefficient (Wildman–Crippen LogP) is 5.07. The number of alkyl halides is 6. The van der Waals surface area contributed by atoms with E-state index in [9.17, 15) is 35.9 Å². The number of fused-ring (bicyclic) bond motifs is 1. The first-order chi connectivity index (χ1) is 13.4. The summed E-state index contributed by atoms with van der Waals surface area (Å²) in [4.78, 5) is 25.2. The van der Waals surface area contributed by atoms with Crippen LogP contribution in [0.25, 0.3) is 0 Å². The van der Waals surface area contributed by atoms with Crippen molar-refractivity contribution in [3.8, 4) is 0 Å². The molecule has 0 atom stereocenters. The quantitative estimate of drug-likeness (QED) is 0.537. The molecule has 29 heavy (non-hydrogen) atoms. The summed E-state index contributed by atoms with van der Waals surface area (Å²) >= 11 is 1.24. The number of hydrogen-bond donors (Lipinski definition) is 1. The van der Waals surface area contributed by atoms with Gasteiger partial charge in [0.25, 0.3) is 5.91 Å². The Morgan fingerprint density at radius 1 is 0.966 bits per heavy atom. The van der Waals surface area contributed by atoms with Crippen LogP contribution in [-0.2, 0) is 34.7 Å². The number of hydrogen-bond acceptors (Lipinski definition) is 4. The summed E-state index contributed by atoms with van der Waals surface area (Å²) in [5.41, 5.74) is -2.79. The lowest BCUT2D eigenvalue weighted by atomic mass is 10.1. The summed E-state index contributed by atoms with van der Waals surface area (Å²) in [6, 6.07) is 2.36. The largest absolute Gasteiger partial charge is 0.451 e. The summed E-state index contributed by atoms with van der Waals surface area (Å²) < 4.78 is 81.8. The summed E-state index contributed by atoms with van der Waals surface area (Å²) in [5.74, 6) is -1.84. The lowest BCUT2D eigenvalue weighted by Crippen LogP contribution is -2.21. The summed E-state index contributed by atoms with van der Waals surface area (Å²) in [6.07, 6.45) is -7.38. The van der Waals surface area contributed by atoms with Crippen LogP contribution in [0.2, 0.25) is 0 Å². The number of aryl methyl sites for hydroxylation is 2. The number of anilines is 1. The highest BCUT2D eigenvalue weighted by atomic mass is 32.1. The highest BCUT2D eigenvalue weighted by molar-refractivity contribution is 7.14. The van der Waals surface area contributed by atoms with Crippen molar-refractivity contribution in [2.24, 2.45) is 0 Å². The number of nitrogens with one attached hydrogen (secondary N) is 1. The number of carbonyl (C=O) groups is 2. The maximum atomic E-state index is 12.8. The van der Waals surface area contributed by atoms with Crippen LogP contribution >= 0.6 is 11.3 Å². The molecular formula is C18H13F6NO3S. The lowest BCUT2D eigenvalue weighted by Gasteiger charge is -2.14. The van der Waals surface area contributed by atoms with Crippen molar-refractivity contribution in [1.29, 1.82) is 0 Å². The number of halogens is 6. The summed E-state index contributed by atoms with van der Waals surface area (Å²) in [5, 5.41) is 1.90. The molecule has 0 bridgehead atoms. The van der Waals surface area contributed by atoms with E-state index >= 15 is 0 Å². The normalized spacial score (nSPS) is 13.9. The van der Waals surface area contributed by atoms with Crippen molar-refractivity contribution >= 4 is 28.9 Å². The molecule has 0 spiro atoms. The van der Waals surface area contributed by atoms with Crippen LogP contribution in [0.1, 0.15) is 37.7 Å². The van der Waals surface area contributed by atoms with Crippen molar-refractivity contribution in [2.75, 3.05) is 11.9 Å². The molecule has 1 aromatic heterocycles. The molecule has 0 aliphatic heterocycles. The smallest absolute Gasteiger partial charge is 0.416 e. The van der Waals surface area contributed by atoms with Crippen molar-refractivity contribution in [1.82, 2.24) is 0 Å². The van der Waals surface area contributed by atoms with Crippen molar-refractivity contribution in [3.63, 3.8) is 0 Å². The standard InChI is InChI=1S/C18H13F6NO3S/c19-17(20,21)10-5-11(18(22,23)24)7-12(6-10)25-15(26)8-28-16(27)14-4-9-2-1-3-13(9)29-14/h4-7H,1-3,8H2,(H,25,26). The van der Waals surface area contributed by atoms with Crippen molar-refractivity contribution in [3.05, 3.63) is 50.7 Å². The van der Waals surface area contributed by atoms with Gasteiger partial charge in [-0.2, -0.15) is 26.3 Å². The van der Waals surface area contributed by atoms with Crippen molar-refractivity contribution in [2.45, 2.75) is 31.6 Å². The fourth-order valence-corrected chi connectivity index (χ4v) is 4.00. The zero-order valence-electron chi connectivity index (χ0n) is 14.5. The second-order valence-electron chi connectivity index (χ2n) is 6.33. The van der Waals surface area contributed by atoms with Crippen LogP contribution in [0.3, 0.4) is 0 Å². The molecule has 1 heterocycles. The van der Waals surface area contributed by atoms with Gasteiger partial charge in [0.1, 0.15) is 4.88 Å². The van der Waals surface area contributed by atoms with E-state index in [0.29, 0.717) is 17.0 Å². The molecule has 4 nitrogen and oxygen atoms in total. The third-order valence-corrected chi connectivity index (χ3v) is 5.37. The van der Waals surface area contributed by atoms with Crippen LogP contribution in [0.15, 0.2) is 24.3 Å². The zero-order valence-corrected chi connectivity index (χ0v) is 15.4. The topological polar surface area (TPSA) is 55.4 Å². The second-order valence-corrected chi connectivity index (χ2v) is 7.47. The first kappa shape index (κ1) is 21.2. The maximum Gasteiger partial charge on any atom is 0.416 e. The second kappa shape index (κ2) is 7.69. The Hall–Kier alpha value is -2.56. The molecule has 2 aromatic rings. The first-order valence-corrected chi connectivity index (χ1v) is 9.13. The first-order valence-electron chi connectivity index (χ1n) is 8.31. The number of carbonyl (C=O) groups excluding carboxylic acids is 2. The van der Waals surface area contributed by atoms with E-state index in [2.05, 4.69) is 0 Å². The molecule has 1 aliphatic carbocycles. The monoisotopic (exact) mass is 437 g/mol. The predicted molar refractivity (Wildman–Crippen MR) is 91.7 cm³/mol. The van der Waals surface area contributed by atoms with Crippen LogP contribution in [0, 0.1) is 0 Å². The third kappa shape index (κ3) is 5.08. The molecule has 3 rings (SSSR count). The van der Waals surface area contributed by atoms with E-state index in [4.69, 9.17) is 4.74 Å². The molecule has 1 aromatic carbocycles. The molecule has 1 N–H and O–H groups in total. The van der Waals surface area contributed by atoms with E-state index in [-0.39, 0.29) is 6.07 Å². The average Bonchev–Trinajstić information content (AvgIpc) is 3.19. The minimum atomic E-state index is -5.03. The number of rotatable bonds is 4. The molecule has 0 saturated carbocycles. The van der Waals surface area contributed by atoms with Gasteiger partial charge in [-0.25, -0.2) is 4.79 Å². The van der Waals surface area contributed by atoms with Gasteiger partial charge in [-0.3, -0.25) is 4.79 Å². The molecule has 156 valence electrons. The minimum absolute atomic E-state index is 0.0499. The highest BCUT2D eigenvalue weighted by Crippen LogP contribution is 2.37. The Balaban J connectivity index is 1.67. The maximum absolute atomic E-state index is 12.8. The molecule has 1 amide bonds. The summed E-state index contributed by atoms with van der Waals surface area (Å²) in [6.45, 7) is -0.848. The fourth-order valence-electron chi connectivity index (χ4n) is 2.86. The van der Waals surface area contributed by atoms with E-state index in [1.54, 1.807) is 6.07 Å². The lowest BCUT2D eigenvalue weighted by molar-refractivity contribution is -0.143. The summed E-state index contributed by atoms with van der Waals surface area (Å²) in [7, 11) is 0. The fraction of sp³-hybridized carbons (Fsp3) is 0.333. The Bertz CT molecular complexity index is 894. The number of benzene rings is 1. The Labute approximate surface area is 164 Å². The Morgan fingerprint density at radius 2 is 1.59 bits per heavy atom. The Kier molecular flexibility index (Phi) is 5.61. The zero-order chi connectivity index (χ0) is 21.4. The number of esters is 1. The van der Waals surface area contributed by atoms with Crippen LogP contribution < -0.4 is 5.32 Å². The van der Waals surface area contributed by atoms with Gasteiger partial charge < -0.3 is 10.1 Å². The van der Waals surface area contributed by atoms with Gasteiger partial charge in [-0.15, -0.1) is 11.3 Å². The van der Waals surface area contributed by atoms with Gasteiger partial charge in [-0.1, -0.05) is 0 Å². The van der Waals surface area contributed by atoms with E-state index in [1.165, 1.54) is 11.3 Å². The van der Waals surface area contributed by atoms with Gasteiger partial charge in [0.15, 0.2) is 6.61 Å². The molecule has 0 radical (unpaired) electrons. The SMILES string of the molecule is O=C(COC(=O)c1cc2c(s1)CCC2)Nc1cc(C(F)(F)F)cc(C(F)(F)F)c1. The van der Waals surface area contributed by atoms with Crippen LogP contribution in [0.4, 0.5) is 32.0 Å². The van der Waals surface area contributed by atoms with E-state index in [0.717, 1.165) is 29.7 Å². The van der Waals surface area contributed by atoms with Gasteiger partial charge in [-0.05, 0) is 49.1 Å². The molecule has 0 fully saturated rings. The number of thiophene rings is 1. The molecule has 1 aliphatic rings. The van der Waals surface area contributed by atoms with Gasteiger partial charge in [0.2, 0.25) is 0 Å². The van der Waals surface area contributed by atoms with Crippen molar-refractivity contribution < 1.29 is 40.7 Å². The number of ether oxygens (including phenoxy) is 1. The minimum Gasteiger partial charge on any atom is -0.451 e. The van der Waals surface area contributed by atoms with Gasteiger partial charge in [0.05, 0.1) is 11.1 Å². The molecular weight excluding hydrogens is 424 g/mol. The van der Waals surface area contributed by atoms with E-state index in [1.807, 2.05) is 5.32 Å². The van der Waals surface area contributed by atoms with Crippen LogP contribution in [-0.4, -0.2) is 18.5 Å². The average molecular weight is 437 g/mol. The Morgan fingerprint density at radius 3 is 2.14 bits per heavy atom. The van der Waals surface area contributed by atoms with E-state index < -0.39 is 47.7 Å².